The highest BCUT2D eigenvalue weighted by molar-refractivity contribution is 4.56. The van der Waals surface area contributed by atoms with Crippen molar-refractivity contribution in [1.29, 1.82) is 0 Å². The van der Waals surface area contributed by atoms with Crippen LogP contribution in [0.5, 0.6) is 0 Å². The molecular formula is C10H21O. The standard InChI is InChI=1S/C10H21O/c1-4-6-7-8-11-9-10(3)5-2/h10H,3-9H2,1-2H3. The fraction of sp³-hybridized carbons (Fsp3) is 0.900. The van der Waals surface area contributed by atoms with Gasteiger partial charge in [-0.2, -0.15) is 0 Å². The Hall–Kier alpha value is -0.0400. The summed E-state index contributed by atoms with van der Waals surface area (Å²) in [6, 6.07) is 0. The summed E-state index contributed by atoms with van der Waals surface area (Å²) >= 11 is 0. The molecule has 0 bridgehead atoms. The normalized spacial score (nSPS) is 13.4. The van der Waals surface area contributed by atoms with Gasteiger partial charge >= 0.3 is 0 Å². The Morgan fingerprint density at radius 1 is 1.27 bits per heavy atom. The van der Waals surface area contributed by atoms with Gasteiger partial charge in [-0.15, -0.1) is 0 Å². The predicted molar refractivity (Wildman–Crippen MR) is 49.5 cm³/mol. The molecule has 0 saturated carbocycles. The number of unbranched alkanes of at least 4 members (excludes halogenated alkanes) is 2. The number of hydrogen-bond donors (Lipinski definition) is 0. The monoisotopic (exact) mass is 157 g/mol. The lowest BCUT2D eigenvalue weighted by Crippen LogP contribution is -2.05. The molecule has 1 atom stereocenters. The molecule has 1 heteroatoms. The van der Waals surface area contributed by atoms with E-state index in [1.165, 1.54) is 19.3 Å². The second kappa shape index (κ2) is 8.06. The fourth-order valence-electron chi connectivity index (χ4n) is 0.822. The molecule has 0 N–H and O–H groups in total. The molecule has 0 aliphatic carbocycles. The first kappa shape index (κ1) is 11.0. The van der Waals surface area contributed by atoms with Gasteiger partial charge in [-0.1, -0.05) is 33.1 Å². The molecule has 0 saturated heterocycles. The van der Waals surface area contributed by atoms with Gasteiger partial charge in [-0.25, -0.2) is 0 Å². The number of rotatable bonds is 7. The zero-order valence-electron chi connectivity index (χ0n) is 7.94. The lowest BCUT2D eigenvalue weighted by atomic mass is 10.1. The molecule has 0 aliphatic heterocycles. The van der Waals surface area contributed by atoms with Gasteiger partial charge in [-0.05, 0) is 19.3 Å². The summed E-state index contributed by atoms with van der Waals surface area (Å²) in [5.74, 6) is 0.483. The topological polar surface area (TPSA) is 9.23 Å². The van der Waals surface area contributed by atoms with Gasteiger partial charge in [0.1, 0.15) is 0 Å². The van der Waals surface area contributed by atoms with Crippen LogP contribution in [0, 0.1) is 12.8 Å². The molecule has 0 spiro atoms. The van der Waals surface area contributed by atoms with E-state index in [-0.39, 0.29) is 0 Å². The van der Waals surface area contributed by atoms with Crippen LogP contribution in [-0.4, -0.2) is 13.2 Å². The maximum Gasteiger partial charge on any atom is 0.0494 e. The second-order valence-electron chi connectivity index (χ2n) is 3.06. The first-order chi connectivity index (χ1) is 5.31. The molecule has 0 heterocycles. The van der Waals surface area contributed by atoms with E-state index in [9.17, 15) is 0 Å². The van der Waals surface area contributed by atoms with Crippen molar-refractivity contribution in [2.24, 2.45) is 5.92 Å². The van der Waals surface area contributed by atoms with Crippen molar-refractivity contribution in [3.05, 3.63) is 6.92 Å². The smallest absolute Gasteiger partial charge is 0.0494 e. The van der Waals surface area contributed by atoms with Gasteiger partial charge < -0.3 is 4.74 Å². The maximum atomic E-state index is 5.43. The van der Waals surface area contributed by atoms with Crippen molar-refractivity contribution in [1.82, 2.24) is 0 Å². The van der Waals surface area contributed by atoms with Crippen LogP contribution in [0.3, 0.4) is 0 Å². The molecule has 1 radical (unpaired) electrons. The fourth-order valence-corrected chi connectivity index (χ4v) is 0.822. The van der Waals surface area contributed by atoms with Gasteiger partial charge in [0, 0.05) is 13.2 Å². The Kier molecular flexibility index (Phi) is 8.03. The van der Waals surface area contributed by atoms with Crippen LogP contribution in [0.4, 0.5) is 0 Å². The Morgan fingerprint density at radius 3 is 2.55 bits per heavy atom. The minimum absolute atomic E-state index is 0.483. The van der Waals surface area contributed by atoms with E-state index >= 15 is 0 Å². The highest BCUT2D eigenvalue weighted by Crippen LogP contribution is 2.01. The van der Waals surface area contributed by atoms with E-state index in [0.717, 1.165) is 19.6 Å². The van der Waals surface area contributed by atoms with Crippen LogP contribution in [-0.2, 0) is 4.74 Å². The summed E-state index contributed by atoms with van der Waals surface area (Å²) in [7, 11) is 0. The van der Waals surface area contributed by atoms with Crippen molar-refractivity contribution in [3.63, 3.8) is 0 Å². The first-order valence-corrected chi connectivity index (χ1v) is 4.72. The van der Waals surface area contributed by atoms with Crippen molar-refractivity contribution < 1.29 is 4.74 Å². The average Bonchev–Trinajstić information content (AvgIpc) is 2.04. The van der Waals surface area contributed by atoms with Crippen molar-refractivity contribution in [2.75, 3.05) is 13.2 Å². The summed E-state index contributed by atoms with van der Waals surface area (Å²) in [5.41, 5.74) is 0. The summed E-state index contributed by atoms with van der Waals surface area (Å²) in [5, 5.41) is 0. The van der Waals surface area contributed by atoms with Crippen LogP contribution >= 0.6 is 0 Å². The predicted octanol–water partition coefficient (Wildman–Crippen LogP) is 3.05. The molecule has 0 fully saturated rings. The lowest BCUT2D eigenvalue weighted by Gasteiger charge is -2.08. The third-order valence-electron chi connectivity index (χ3n) is 1.82. The van der Waals surface area contributed by atoms with E-state index < -0.39 is 0 Å². The van der Waals surface area contributed by atoms with Gasteiger partial charge in [0.2, 0.25) is 0 Å². The van der Waals surface area contributed by atoms with Crippen molar-refractivity contribution in [3.8, 4) is 0 Å². The molecule has 0 aromatic rings. The highest BCUT2D eigenvalue weighted by Gasteiger charge is 1.97. The van der Waals surface area contributed by atoms with Crippen LogP contribution in [0.2, 0.25) is 0 Å². The summed E-state index contributed by atoms with van der Waals surface area (Å²) in [6.45, 7) is 10.0. The van der Waals surface area contributed by atoms with Gasteiger partial charge in [0.15, 0.2) is 0 Å². The Balaban J connectivity index is 2.89. The van der Waals surface area contributed by atoms with E-state index in [4.69, 9.17) is 4.74 Å². The number of hydrogen-bond acceptors (Lipinski definition) is 1. The zero-order chi connectivity index (χ0) is 8.53. The highest BCUT2D eigenvalue weighted by atomic mass is 16.5. The molecule has 1 nitrogen and oxygen atoms in total. The summed E-state index contributed by atoms with van der Waals surface area (Å²) in [4.78, 5) is 0. The molecule has 67 valence electrons. The Bertz CT molecular complexity index is 71.3. The van der Waals surface area contributed by atoms with Gasteiger partial charge in [-0.3, -0.25) is 0 Å². The van der Waals surface area contributed by atoms with Gasteiger partial charge in [0.05, 0.1) is 0 Å². The van der Waals surface area contributed by atoms with Crippen molar-refractivity contribution in [2.45, 2.75) is 39.5 Å². The average molecular weight is 157 g/mol. The second-order valence-corrected chi connectivity index (χ2v) is 3.06. The molecule has 0 rings (SSSR count). The number of ether oxygens (including phenoxy) is 1. The molecule has 0 aromatic carbocycles. The summed E-state index contributed by atoms with van der Waals surface area (Å²) < 4.78 is 5.43. The van der Waals surface area contributed by atoms with Crippen LogP contribution < -0.4 is 0 Å². The van der Waals surface area contributed by atoms with Gasteiger partial charge in [0.25, 0.3) is 0 Å². The van der Waals surface area contributed by atoms with Crippen LogP contribution in [0.15, 0.2) is 0 Å². The molecule has 0 aromatic heterocycles. The molecule has 0 aliphatic rings. The quantitative estimate of drug-likeness (QED) is 0.516. The van der Waals surface area contributed by atoms with E-state index in [2.05, 4.69) is 20.8 Å². The van der Waals surface area contributed by atoms with E-state index in [0.29, 0.717) is 5.92 Å². The van der Waals surface area contributed by atoms with Crippen LogP contribution in [0.1, 0.15) is 39.5 Å². The van der Waals surface area contributed by atoms with E-state index in [1.807, 2.05) is 0 Å². The first-order valence-electron chi connectivity index (χ1n) is 4.72. The maximum absolute atomic E-state index is 5.43. The largest absolute Gasteiger partial charge is 0.381 e. The van der Waals surface area contributed by atoms with Crippen molar-refractivity contribution >= 4 is 0 Å². The minimum atomic E-state index is 0.483. The molecule has 1 unspecified atom stereocenters. The third kappa shape index (κ3) is 7.86. The van der Waals surface area contributed by atoms with E-state index in [1.54, 1.807) is 0 Å². The Morgan fingerprint density at radius 2 is 2.00 bits per heavy atom. The minimum Gasteiger partial charge on any atom is -0.381 e. The molecule has 0 amide bonds. The molecular weight excluding hydrogens is 136 g/mol. The zero-order valence-corrected chi connectivity index (χ0v) is 7.94. The summed E-state index contributed by atoms with van der Waals surface area (Å²) in [6.07, 6.45) is 4.87. The lowest BCUT2D eigenvalue weighted by molar-refractivity contribution is 0.107. The molecule has 11 heavy (non-hydrogen) atoms. The Labute approximate surface area is 71.1 Å². The van der Waals surface area contributed by atoms with Crippen LogP contribution in [0.25, 0.3) is 0 Å². The third-order valence-corrected chi connectivity index (χ3v) is 1.82. The SMILES string of the molecule is [CH2]C(CC)COCCCCC.